The molecule has 0 aromatic carbocycles. The Bertz CT molecular complexity index is 2530. The predicted molar refractivity (Wildman–Crippen MR) is 291 cm³/mol. The van der Waals surface area contributed by atoms with Crippen LogP contribution in [0.25, 0.3) is 11.3 Å². The normalized spacial score (nSPS) is 31.7. The largest absolute Gasteiger partial charge is 0.458 e. The Morgan fingerprint density at radius 1 is 0.949 bits per heavy atom. The Balaban J connectivity index is 1.02. The van der Waals surface area contributed by atoms with Gasteiger partial charge in [-0.05, 0) is 99.8 Å². The average Bonchev–Trinajstić information content (AvgIpc) is 4.29. The van der Waals surface area contributed by atoms with Crippen LogP contribution in [-0.4, -0.2) is 204 Å². The lowest BCUT2D eigenvalue weighted by molar-refractivity contribution is -0.296. The maximum Gasteiger partial charge on any atom is 0.410 e. The van der Waals surface area contributed by atoms with Gasteiger partial charge in [0.05, 0.1) is 48.1 Å². The number of fused-ring (bicyclic) bond motifs is 1. The summed E-state index contributed by atoms with van der Waals surface area (Å²) in [6.07, 6.45) is 5.99. The molecule has 79 heavy (non-hydrogen) atoms. The zero-order valence-corrected chi connectivity index (χ0v) is 48.9. The van der Waals surface area contributed by atoms with Crippen molar-refractivity contribution in [2.75, 3.05) is 60.0 Å². The molecular formula is C57H88N10O12. The lowest BCUT2D eigenvalue weighted by Crippen LogP contribution is -2.60. The number of hydrogen-bond donors (Lipinski definition) is 1. The number of esters is 1. The van der Waals surface area contributed by atoms with Crippen molar-refractivity contribution in [1.82, 2.24) is 49.1 Å². The van der Waals surface area contributed by atoms with Gasteiger partial charge in [-0.3, -0.25) is 28.9 Å². The van der Waals surface area contributed by atoms with Gasteiger partial charge in [-0.25, -0.2) is 14.6 Å². The summed E-state index contributed by atoms with van der Waals surface area (Å²) in [6.45, 7) is 25.1. The van der Waals surface area contributed by atoms with Gasteiger partial charge in [0.25, 0.3) is 0 Å². The topological polar surface area (TPSA) is 235 Å². The van der Waals surface area contributed by atoms with E-state index < -0.39 is 95.0 Å². The van der Waals surface area contributed by atoms with Crippen molar-refractivity contribution in [3.8, 4) is 11.3 Å². The van der Waals surface area contributed by atoms with Gasteiger partial charge < -0.3 is 52.8 Å². The van der Waals surface area contributed by atoms with Gasteiger partial charge >= 0.3 is 18.2 Å². The Morgan fingerprint density at radius 2 is 1.67 bits per heavy atom. The van der Waals surface area contributed by atoms with E-state index in [4.69, 9.17) is 28.4 Å². The van der Waals surface area contributed by atoms with E-state index in [0.29, 0.717) is 58.4 Å². The fourth-order valence-corrected chi connectivity index (χ4v) is 12.1. The van der Waals surface area contributed by atoms with E-state index in [2.05, 4.69) is 30.1 Å². The molecule has 0 saturated carbocycles. The SMILES string of the molecule is CC[C@H]1OC(=O)[C@H](C)C(=O)[C@H](C)[C@@H](O[C@@H]2O[C@H](C)C[C@H](N(C)CCc3cn(CCN4CCN(C(=O)OC(C)(C)C)CC4)nn3)[C@H]2O)[C@](C)(OC)C[C@@H](C)C(=O)[C@H](C)[C@H]2N(CCCCn3cnc(-c4cccnc4)c3)C(=O)O[C@]12C. The molecule has 4 fully saturated rings. The second-order valence-electron chi connectivity index (χ2n) is 23.9. The molecule has 3 aromatic rings. The van der Waals surface area contributed by atoms with Gasteiger partial charge in [0, 0.05) is 120 Å². The second-order valence-corrected chi connectivity index (χ2v) is 23.9. The fraction of sp³-hybridized carbons (Fsp3) is 0.737. The number of amides is 2. The molecule has 7 heterocycles. The highest BCUT2D eigenvalue weighted by atomic mass is 16.7. The summed E-state index contributed by atoms with van der Waals surface area (Å²) >= 11 is 0. The number of aliphatic hydroxyl groups is 1. The zero-order chi connectivity index (χ0) is 57.6. The number of aliphatic hydroxyl groups excluding tert-OH is 1. The summed E-state index contributed by atoms with van der Waals surface area (Å²) < 4.78 is 41.3. The number of ether oxygens (including phenoxy) is 6. The Hall–Kier alpha value is -5.39. The van der Waals surface area contributed by atoms with Crippen molar-refractivity contribution in [3.63, 3.8) is 0 Å². The molecule has 2 amide bonds. The van der Waals surface area contributed by atoms with E-state index in [9.17, 15) is 24.3 Å². The number of likely N-dealkylation sites (N-methyl/N-ethyl adjacent to an activating group) is 1. The van der Waals surface area contributed by atoms with Crippen molar-refractivity contribution in [3.05, 3.63) is 48.9 Å². The first kappa shape index (κ1) is 61.2. The molecule has 4 aliphatic heterocycles. The van der Waals surface area contributed by atoms with Gasteiger partial charge in [-0.1, -0.05) is 32.9 Å². The Morgan fingerprint density at radius 3 is 2.34 bits per heavy atom. The number of piperazine rings is 1. The summed E-state index contributed by atoms with van der Waals surface area (Å²) in [5.41, 5.74) is -0.815. The van der Waals surface area contributed by atoms with Crippen LogP contribution in [0.15, 0.2) is 43.2 Å². The molecule has 22 heteroatoms. The summed E-state index contributed by atoms with van der Waals surface area (Å²) in [7, 11) is 3.42. The third kappa shape index (κ3) is 14.6. The van der Waals surface area contributed by atoms with Crippen LogP contribution >= 0.6 is 0 Å². The van der Waals surface area contributed by atoms with Crippen LogP contribution in [0.4, 0.5) is 9.59 Å². The quantitative estimate of drug-likeness (QED) is 0.0740. The molecule has 0 unspecified atom stereocenters. The molecular weight excluding hydrogens is 1020 g/mol. The number of carbonyl (C=O) groups excluding carboxylic acids is 5. The van der Waals surface area contributed by atoms with Gasteiger partial charge in [-0.2, -0.15) is 0 Å². The average molecular weight is 1110 g/mol. The first-order valence-corrected chi connectivity index (χ1v) is 28.4. The Kier molecular flexibility index (Phi) is 20.2. The standard InChI is InChI=1S/C57H88N10O12/c1-14-45-57(11)49(67(54(73)79-57)22-16-15-21-64-34-43(59-35-64)41-18-17-20-58-32-41)38(4)46(68)36(2)31-56(10,74-13)50(39(5)47(69)40(6)51(71)76-45)77-52-48(70)44(30-37(3)75-52)62(12)23-19-42-33-66(61-60-42)29-26-63-24-27-65(28-25-63)53(72)78-55(7,8)9/h17-18,20,32-40,44-45,48-50,52,70H,14-16,19,21-31H2,1-13H3/t36-,37-,38+,39+,40-,44+,45-,48-,49-,50-,52+,56-,57-/m1/s1. The number of ketones is 2. The lowest BCUT2D eigenvalue weighted by Gasteiger charge is -2.47. The van der Waals surface area contributed by atoms with Crippen LogP contribution in [-0.2, 0) is 62.3 Å². The monoisotopic (exact) mass is 1100 g/mol. The molecule has 3 aromatic heterocycles. The number of unbranched alkanes of at least 4 members (excludes halogenated alkanes) is 1. The molecule has 0 radical (unpaired) electrons. The highest BCUT2D eigenvalue weighted by molar-refractivity contribution is 6.00. The number of rotatable bonds is 17. The minimum atomic E-state index is -1.44. The zero-order valence-electron chi connectivity index (χ0n) is 48.9. The maximum absolute atomic E-state index is 15.0. The van der Waals surface area contributed by atoms with Gasteiger partial charge in [0.15, 0.2) is 17.7 Å². The first-order chi connectivity index (χ1) is 37.4. The number of Topliss-reactive ketones (excluding diaryl/α,β-unsaturated/α-hetero) is 2. The third-order valence-electron chi connectivity index (χ3n) is 16.7. The van der Waals surface area contributed by atoms with Crippen LogP contribution in [0, 0.1) is 23.7 Å². The highest BCUT2D eigenvalue weighted by Crippen LogP contribution is 2.43. The molecule has 4 saturated heterocycles. The molecule has 4 aliphatic rings. The van der Waals surface area contributed by atoms with E-state index in [1.807, 2.05) is 82.4 Å². The summed E-state index contributed by atoms with van der Waals surface area (Å²) in [6, 6.07) is 2.56. The number of carbonyl (C=O) groups is 5. The highest BCUT2D eigenvalue weighted by Gasteiger charge is 2.60. The van der Waals surface area contributed by atoms with Gasteiger partial charge in [0.1, 0.15) is 29.5 Å². The van der Waals surface area contributed by atoms with Crippen molar-refractivity contribution < 1.29 is 57.5 Å². The van der Waals surface area contributed by atoms with Crippen molar-refractivity contribution in [2.24, 2.45) is 23.7 Å². The van der Waals surface area contributed by atoms with E-state index in [0.717, 1.165) is 36.6 Å². The number of nitrogens with zero attached hydrogens (tertiary/aromatic N) is 10. The number of aryl methyl sites for hydroxylation is 1. The summed E-state index contributed by atoms with van der Waals surface area (Å²) in [4.78, 5) is 87.0. The molecule has 0 bridgehead atoms. The number of methoxy groups -OCH3 is 1. The maximum atomic E-state index is 15.0. The van der Waals surface area contributed by atoms with E-state index in [1.165, 1.54) is 14.0 Å². The number of cyclic esters (lactones) is 1. The summed E-state index contributed by atoms with van der Waals surface area (Å²) in [5.74, 6) is -5.24. The van der Waals surface area contributed by atoms with Crippen LogP contribution in [0.1, 0.15) is 114 Å². The van der Waals surface area contributed by atoms with E-state index >= 15 is 4.79 Å². The molecule has 7 rings (SSSR count). The molecule has 438 valence electrons. The number of pyridine rings is 1. The summed E-state index contributed by atoms with van der Waals surface area (Å²) in [5, 5.41) is 21.0. The first-order valence-electron chi connectivity index (χ1n) is 28.4. The molecule has 1 N–H and O–H groups in total. The smallest absolute Gasteiger partial charge is 0.410 e. The fourth-order valence-electron chi connectivity index (χ4n) is 12.1. The van der Waals surface area contributed by atoms with Crippen molar-refractivity contribution >= 4 is 29.7 Å². The number of aromatic nitrogens is 6. The van der Waals surface area contributed by atoms with E-state index in [-0.39, 0.29) is 37.4 Å². The third-order valence-corrected chi connectivity index (χ3v) is 16.7. The minimum Gasteiger partial charge on any atom is -0.458 e. The molecule has 13 atom stereocenters. The predicted octanol–water partition coefficient (Wildman–Crippen LogP) is 5.69. The molecule has 0 spiro atoms. The lowest BCUT2D eigenvalue weighted by atomic mass is 9.73. The van der Waals surface area contributed by atoms with Crippen molar-refractivity contribution in [2.45, 2.75) is 187 Å². The van der Waals surface area contributed by atoms with Gasteiger partial charge in [-0.15, -0.1) is 5.10 Å². The van der Waals surface area contributed by atoms with Crippen LogP contribution < -0.4 is 0 Å². The molecule has 0 aliphatic carbocycles. The van der Waals surface area contributed by atoms with Crippen LogP contribution in [0.5, 0.6) is 0 Å². The Labute approximate surface area is 466 Å². The second kappa shape index (κ2) is 26.0. The van der Waals surface area contributed by atoms with E-state index in [1.54, 1.807) is 56.2 Å². The number of imidazole rings is 1. The van der Waals surface area contributed by atoms with Crippen molar-refractivity contribution in [1.29, 1.82) is 0 Å². The van der Waals surface area contributed by atoms with Crippen LogP contribution in [0.3, 0.4) is 0 Å². The molecule has 22 nitrogen and oxygen atoms in total. The number of hydrogen-bond acceptors (Lipinski definition) is 18. The minimum absolute atomic E-state index is 0.0856. The van der Waals surface area contributed by atoms with Crippen LogP contribution in [0.2, 0.25) is 0 Å². The van der Waals surface area contributed by atoms with Gasteiger partial charge in [0.2, 0.25) is 0 Å².